The van der Waals surface area contributed by atoms with Crippen molar-refractivity contribution in [2.24, 2.45) is 11.7 Å². The quantitative estimate of drug-likeness (QED) is 0.572. The van der Waals surface area contributed by atoms with E-state index in [0.29, 0.717) is 23.2 Å². The van der Waals surface area contributed by atoms with Crippen LogP contribution in [0.15, 0.2) is 6.20 Å². The fourth-order valence-electron chi connectivity index (χ4n) is 4.05. The van der Waals surface area contributed by atoms with Gasteiger partial charge in [-0.1, -0.05) is 0 Å². The molecule has 2 fully saturated rings. The van der Waals surface area contributed by atoms with E-state index in [9.17, 15) is 9.90 Å². The summed E-state index contributed by atoms with van der Waals surface area (Å²) < 4.78 is 5.25. The number of aromatic nitrogens is 2. The van der Waals surface area contributed by atoms with Crippen molar-refractivity contribution in [1.29, 1.82) is 0 Å². The van der Waals surface area contributed by atoms with E-state index >= 15 is 0 Å². The van der Waals surface area contributed by atoms with Gasteiger partial charge in [-0.15, -0.1) is 0 Å². The molecule has 0 atom stereocenters. The standard InChI is InChI=1S/C19H31N5O3/c1-27-11-12-2-4-13(5-3-12)22-18-16(17(20)26)10-21-19(24-18)23-14-6-8-15(25)9-7-14/h10,12-15,25H,2-9,11H2,1H3,(H2,20,26)(H2,21,22,23,24)/t12-,13-,14-,15-. The van der Waals surface area contributed by atoms with Gasteiger partial charge < -0.3 is 26.2 Å². The number of carbonyl (C=O) groups is 1. The third kappa shape index (κ3) is 5.52. The van der Waals surface area contributed by atoms with Crippen LogP contribution >= 0.6 is 0 Å². The van der Waals surface area contributed by atoms with Crippen molar-refractivity contribution >= 4 is 17.7 Å². The number of carbonyl (C=O) groups excluding carboxylic acids is 1. The number of methoxy groups -OCH3 is 1. The highest BCUT2D eigenvalue weighted by Gasteiger charge is 2.24. The molecule has 0 saturated heterocycles. The maximum Gasteiger partial charge on any atom is 0.254 e. The molecule has 1 heterocycles. The molecule has 150 valence electrons. The van der Waals surface area contributed by atoms with E-state index in [1.165, 1.54) is 6.20 Å². The molecule has 0 unspecified atom stereocenters. The molecule has 2 aliphatic rings. The Morgan fingerprint density at radius 2 is 1.78 bits per heavy atom. The molecule has 3 rings (SSSR count). The van der Waals surface area contributed by atoms with Crippen LogP contribution in [-0.2, 0) is 4.74 Å². The number of nitrogens with two attached hydrogens (primary N) is 1. The van der Waals surface area contributed by atoms with Crippen LogP contribution in [0.3, 0.4) is 0 Å². The topological polar surface area (TPSA) is 122 Å². The summed E-state index contributed by atoms with van der Waals surface area (Å²) in [5.74, 6) is 1.08. The molecule has 0 spiro atoms. The Labute approximate surface area is 160 Å². The number of hydrogen-bond acceptors (Lipinski definition) is 7. The fraction of sp³-hybridized carbons (Fsp3) is 0.737. The molecule has 1 aromatic rings. The molecule has 0 bridgehead atoms. The van der Waals surface area contributed by atoms with Crippen molar-refractivity contribution in [3.63, 3.8) is 0 Å². The number of nitrogens with zero attached hydrogens (tertiary/aromatic N) is 2. The van der Waals surface area contributed by atoms with E-state index in [1.54, 1.807) is 7.11 Å². The van der Waals surface area contributed by atoms with Crippen molar-refractivity contribution in [3.8, 4) is 0 Å². The van der Waals surface area contributed by atoms with Crippen molar-refractivity contribution < 1.29 is 14.6 Å². The molecule has 2 saturated carbocycles. The van der Waals surface area contributed by atoms with Gasteiger partial charge in [0.05, 0.1) is 11.7 Å². The molecule has 2 aliphatic carbocycles. The largest absolute Gasteiger partial charge is 0.393 e. The summed E-state index contributed by atoms with van der Waals surface area (Å²) in [5, 5.41) is 16.4. The van der Waals surface area contributed by atoms with E-state index < -0.39 is 5.91 Å². The highest BCUT2D eigenvalue weighted by molar-refractivity contribution is 5.97. The Balaban J connectivity index is 1.64. The number of nitrogens with one attached hydrogen (secondary N) is 2. The summed E-state index contributed by atoms with van der Waals surface area (Å²) in [6.07, 6.45) is 8.85. The van der Waals surface area contributed by atoms with E-state index in [-0.39, 0.29) is 18.2 Å². The van der Waals surface area contributed by atoms with Crippen LogP contribution < -0.4 is 16.4 Å². The van der Waals surface area contributed by atoms with Crippen LogP contribution in [0.2, 0.25) is 0 Å². The number of hydrogen-bond donors (Lipinski definition) is 4. The Hall–Kier alpha value is -1.93. The highest BCUT2D eigenvalue weighted by atomic mass is 16.5. The smallest absolute Gasteiger partial charge is 0.254 e. The Morgan fingerprint density at radius 1 is 1.15 bits per heavy atom. The lowest BCUT2D eigenvalue weighted by atomic mass is 9.86. The zero-order valence-corrected chi connectivity index (χ0v) is 16.0. The van der Waals surface area contributed by atoms with Gasteiger partial charge in [-0.25, -0.2) is 4.98 Å². The first kappa shape index (κ1) is 19.8. The first-order valence-corrected chi connectivity index (χ1v) is 9.92. The molecule has 27 heavy (non-hydrogen) atoms. The molecule has 8 heteroatoms. The predicted octanol–water partition coefficient (Wildman–Crippen LogP) is 1.91. The van der Waals surface area contributed by atoms with Crippen LogP contribution in [0.1, 0.15) is 61.7 Å². The van der Waals surface area contributed by atoms with Crippen molar-refractivity contribution in [1.82, 2.24) is 9.97 Å². The number of aliphatic hydroxyl groups excluding tert-OH is 1. The number of anilines is 2. The highest BCUT2D eigenvalue weighted by Crippen LogP contribution is 2.28. The summed E-state index contributed by atoms with van der Waals surface area (Å²) in [4.78, 5) is 20.6. The molecule has 1 aromatic heterocycles. The van der Waals surface area contributed by atoms with Crippen LogP contribution in [0.5, 0.6) is 0 Å². The van der Waals surface area contributed by atoms with Crippen LogP contribution in [-0.4, -0.2) is 52.9 Å². The first-order chi connectivity index (χ1) is 13.0. The second-order valence-corrected chi connectivity index (χ2v) is 7.79. The van der Waals surface area contributed by atoms with Crippen LogP contribution in [0.25, 0.3) is 0 Å². The van der Waals surface area contributed by atoms with Crippen LogP contribution in [0.4, 0.5) is 11.8 Å². The molecule has 8 nitrogen and oxygen atoms in total. The summed E-state index contributed by atoms with van der Waals surface area (Å²) in [6.45, 7) is 0.802. The molecular weight excluding hydrogens is 346 g/mol. The second kappa shape index (κ2) is 9.32. The third-order valence-electron chi connectivity index (χ3n) is 5.67. The lowest BCUT2D eigenvalue weighted by Gasteiger charge is -2.29. The molecule has 5 N–H and O–H groups in total. The normalized spacial score (nSPS) is 28.5. The lowest BCUT2D eigenvalue weighted by molar-refractivity contribution is 0.1000. The maximum atomic E-state index is 11.8. The van der Waals surface area contributed by atoms with Gasteiger partial charge in [0.1, 0.15) is 5.82 Å². The minimum atomic E-state index is -0.530. The van der Waals surface area contributed by atoms with Gasteiger partial charge >= 0.3 is 0 Å². The van der Waals surface area contributed by atoms with E-state index in [1.807, 2.05) is 0 Å². The maximum absolute atomic E-state index is 11.8. The van der Waals surface area contributed by atoms with Crippen molar-refractivity contribution in [2.45, 2.75) is 69.6 Å². The first-order valence-electron chi connectivity index (χ1n) is 9.92. The second-order valence-electron chi connectivity index (χ2n) is 7.79. The Kier molecular flexibility index (Phi) is 6.84. The van der Waals surface area contributed by atoms with Gasteiger partial charge in [0, 0.05) is 32.0 Å². The van der Waals surface area contributed by atoms with Crippen molar-refractivity contribution in [2.75, 3.05) is 24.4 Å². The molecular formula is C19H31N5O3. The minimum Gasteiger partial charge on any atom is -0.393 e. The zero-order chi connectivity index (χ0) is 19.2. The Morgan fingerprint density at radius 3 is 2.41 bits per heavy atom. The van der Waals surface area contributed by atoms with Gasteiger partial charge in [0.25, 0.3) is 5.91 Å². The van der Waals surface area contributed by atoms with Gasteiger partial charge in [-0.3, -0.25) is 4.79 Å². The average molecular weight is 377 g/mol. The van der Waals surface area contributed by atoms with E-state index in [2.05, 4.69) is 20.6 Å². The average Bonchev–Trinajstić information content (AvgIpc) is 2.65. The summed E-state index contributed by atoms with van der Waals surface area (Å²) in [7, 11) is 1.74. The van der Waals surface area contributed by atoms with Gasteiger partial charge in [0.15, 0.2) is 0 Å². The summed E-state index contributed by atoms with van der Waals surface area (Å²) >= 11 is 0. The van der Waals surface area contributed by atoms with Gasteiger partial charge in [-0.05, 0) is 57.3 Å². The van der Waals surface area contributed by atoms with E-state index in [4.69, 9.17) is 10.5 Å². The molecule has 0 aromatic carbocycles. The number of primary amides is 1. The molecule has 1 amide bonds. The number of rotatable bonds is 7. The van der Waals surface area contributed by atoms with E-state index in [0.717, 1.165) is 58.0 Å². The fourth-order valence-corrected chi connectivity index (χ4v) is 4.05. The van der Waals surface area contributed by atoms with Crippen molar-refractivity contribution in [3.05, 3.63) is 11.8 Å². The van der Waals surface area contributed by atoms with Gasteiger partial charge in [0.2, 0.25) is 5.95 Å². The summed E-state index contributed by atoms with van der Waals surface area (Å²) in [5.41, 5.74) is 5.83. The lowest BCUT2D eigenvalue weighted by Crippen LogP contribution is -2.31. The van der Waals surface area contributed by atoms with Gasteiger partial charge in [-0.2, -0.15) is 4.98 Å². The SMILES string of the molecule is COC[C@H]1CC[C@H](Nc2nc(N[C@H]3CC[C@H](O)CC3)ncc2C(N)=O)CC1. The molecule has 0 aliphatic heterocycles. The molecule has 0 radical (unpaired) electrons. The third-order valence-corrected chi connectivity index (χ3v) is 5.67. The number of amides is 1. The number of aliphatic hydroxyl groups is 1. The minimum absolute atomic E-state index is 0.202. The van der Waals surface area contributed by atoms with Crippen LogP contribution in [0, 0.1) is 5.92 Å². The summed E-state index contributed by atoms with van der Waals surface area (Å²) in [6, 6.07) is 0.508. The number of ether oxygens (including phenoxy) is 1. The predicted molar refractivity (Wildman–Crippen MR) is 104 cm³/mol. The monoisotopic (exact) mass is 377 g/mol. The zero-order valence-electron chi connectivity index (χ0n) is 16.0. The Bertz CT molecular complexity index is 626.